The van der Waals surface area contributed by atoms with Crippen LogP contribution in [-0.2, 0) is 21.4 Å². The van der Waals surface area contributed by atoms with Gasteiger partial charge < -0.3 is 19.7 Å². The van der Waals surface area contributed by atoms with Crippen molar-refractivity contribution in [2.75, 3.05) is 13.7 Å². The molecule has 1 saturated heterocycles. The van der Waals surface area contributed by atoms with E-state index in [0.717, 1.165) is 4.68 Å². The van der Waals surface area contributed by atoms with Crippen molar-refractivity contribution in [3.8, 4) is 11.3 Å². The van der Waals surface area contributed by atoms with Crippen molar-refractivity contribution in [3.63, 3.8) is 0 Å². The first-order valence-corrected chi connectivity index (χ1v) is 12.8. The first-order chi connectivity index (χ1) is 18.5. The van der Waals surface area contributed by atoms with Gasteiger partial charge in [-0.25, -0.2) is 18.1 Å². The third-order valence-corrected chi connectivity index (χ3v) is 8.07. The Bertz CT molecular complexity index is 1330. The van der Waals surface area contributed by atoms with Crippen molar-refractivity contribution in [2.24, 2.45) is 0 Å². The fraction of sp³-hybridized carbons (Fsp3) is 0.565. The van der Waals surface area contributed by atoms with Crippen LogP contribution in [0.4, 0.5) is 22.0 Å². The summed E-state index contributed by atoms with van der Waals surface area (Å²) in [6.07, 6.45) is -6.15. The fourth-order valence-electron chi connectivity index (χ4n) is 5.16. The van der Waals surface area contributed by atoms with E-state index in [2.05, 4.69) is 36.6 Å². The summed E-state index contributed by atoms with van der Waals surface area (Å²) in [5.41, 5.74) is -2.10. The molecule has 0 unspecified atom stereocenters. The van der Waals surface area contributed by atoms with Gasteiger partial charge in [0.25, 0.3) is 0 Å². The zero-order chi connectivity index (χ0) is 28.1. The van der Waals surface area contributed by atoms with Crippen LogP contribution in [0.3, 0.4) is 0 Å². The number of methoxy groups -OCH3 is 1. The number of rotatable bonds is 7. The molecule has 16 heteroatoms. The Balaban J connectivity index is 1.43. The SMILES string of the molecule is CO[C@@H]1[C@@H](n2cc(-c3ccc(Br)c(F)c3F)nn2)[C@@H](O)[C@@H](CO)O[C@@H]1Cc1cn(C2(C(F)(F)F)CCC2)nn1. The van der Waals surface area contributed by atoms with Crippen LogP contribution in [0.25, 0.3) is 11.3 Å². The molecule has 0 amide bonds. The van der Waals surface area contributed by atoms with Crippen molar-refractivity contribution < 1.29 is 41.6 Å². The van der Waals surface area contributed by atoms with E-state index in [1.165, 1.54) is 36.3 Å². The lowest BCUT2D eigenvalue weighted by atomic mass is 9.76. The highest BCUT2D eigenvalue weighted by atomic mass is 79.9. The predicted octanol–water partition coefficient (Wildman–Crippen LogP) is 2.94. The summed E-state index contributed by atoms with van der Waals surface area (Å²) >= 11 is 2.91. The molecule has 212 valence electrons. The molecule has 2 aromatic heterocycles. The summed E-state index contributed by atoms with van der Waals surface area (Å²) in [5.74, 6) is -2.25. The molecule has 2 fully saturated rings. The van der Waals surface area contributed by atoms with Crippen LogP contribution in [0.2, 0.25) is 0 Å². The third kappa shape index (κ3) is 4.75. The lowest BCUT2D eigenvalue weighted by Gasteiger charge is -2.43. The van der Waals surface area contributed by atoms with Gasteiger partial charge >= 0.3 is 6.18 Å². The van der Waals surface area contributed by atoms with E-state index in [0.29, 0.717) is 6.42 Å². The Labute approximate surface area is 226 Å². The third-order valence-electron chi connectivity index (χ3n) is 7.46. The number of nitrogens with zero attached hydrogens (tertiary/aromatic N) is 6. The molecule has 2 aliphatic rings. The lowest BCUT2D eigenvalue weighted by Crippen LogP contribution is -2.57. The minimum atomic E-state index is -4.49. The average molecular weight is 623 g/mol. The summed E-state index contributed by atoms with van der Waals surface area (Å²) in [6, 6.07) is 1.61. The Morgan fingerprint density at radius 1 is 1.13 bits per heavy atom. The number of hydrogen-bond donors (Lipinski definition) is 2. The standard InChI is InChI=1S/C23H24BrF5N6O4/c1-38-21-15(7-11-8-35(33-30-11)22(5-2-6-22)23(27,28)29)39-16(10-36)20(37)19(21)34-9-14(31-32-34)12-3-4-13(24)18(26)17(12)25/h3-4,8-9,15-16,19-21,36-37H,2,5-7,10H2,1H3/t15-,16-,19+,20+,21+/m1/s1. The van der Waals surface area contributed by atoms with Crippen LogP contribution in [0.5, 0.6) is 0 Å². The van der Waals surface area contributed by atoms with Crippen LogP contribution >= 0.6 is 15.9 Å². The van der Waals surface area contributed by atoms with Crippen molar-refractivity contribution in [1.29, 1.82) is 0 Å². The van der Waals surface area contributed by atoms with E-state index < -0.39 is 60.4 Å². The average Bonchev–Trinajstić information content (AvgIpc) is 3.52. The first kappa shape index (κ1) is 28.0. The largest absolute Gasteiger partial charge is 0.413 e. The number of aliphatic hydroxyl groups excluding tert-OH is 2. The van der Waals surface area contributed by atoms with E-state index in [1.807, 2.05) is 0 Å². The van der Waals surface area contributed by atoms with Gasteiger partial charge in [0.15, 0.2) is 17.2 Å². The topological polar surface area (TPSA) is 120 Å². The van der Waals surface area contributed by atoms with Crippen LogP contribution < -0.4 is 0 Å². The highest BCUT2D eigenvalue weighted by molar-refractivity contribution is 9.10. The zero-order valence-electron chi connectivity index (χ0n) is 20.4. The predicted molar refractivity (Wildman–Crippen MR) is 126 cm³/mol. The van der Waals surface area contributed by atoms with Gasteiger partial charge in [0.1, 0.15) is 30.0 Å². The van der Waals surface area contributed by atoms with Crippen molar-refractivity contribution >= 4 is 15.9 Å². The maximum absolute atomic E-state index is 14.5. The molecule has 1 aliphatic heterocycles. The molecule has 0 radical (unpaired) electrons. The normalized spacial score (nSPS) is 26.9. The second-order valence-corrected chi connectivity index (χ2v) is 10.5. The van der Waals surface area contributed by atoms with E-state index >= 15 is 0 Å². The molecule has 5 atom stereocenters. The molecule has 2 N–H and O–H groups in total. The Kier molecular flexibility index (Phi) is 7.52. The number of hydrogen-bond acceptors (Lipinski definition) is 8. The quantitative estimate of drug-likeness (QED) is 0.305. The second kappa shape index (κ2) is 10.5. The highest BCUT2D eigenvalue weighted by Crippen LogP contribution is 2.50. The van der Waals surface area contributed by atoms with Crippen molar-refractivity contribution in [3.05, 3.63) is 46.3 Å². The number of ether oxygens (including phenoxy) is 2. The second-order valence-electron chi connectivity index (χ2n) is 9.63. The molecule has 5 rings (SSSR count). The Morgan fingerprint density at radius 3 is 2.49 bits per heavy atom. The van der Waals surface area contributed by atoms with E-state index in [-0.39, 0.29) is 40.7 Å². The van der Waals surface area contributed by atoms with Crippen LogP contribution in [0, 0.1) is 11.6 Å². The molecule has 0 spiro atoms. The Morgan fingerprint density at radius 2 is 1.87 bits per heavy atom. The van der Waals surface area contributed by atoms with E-state index in [1.54, 1.807) is 0 Å². The number of halogens is 6. The summed E-state index contributed by atoms with van der Waals surface area (Å²) in [6.45, 7) is -0.595. The zero-order valence-corrected chi connectivity index (χ0v) is 22.0. The van der Waals surface area contributed by atoms with Gasteiger partial charge in [-0.05, 0) is 47.3 Å². The molecule has 1 aromatic carbocycles. The number of benzene rings is 1. The summed E-state index contributed by atoms with van der Waals surface area (Å²) in [5, 5.41) is 36.4. The molecule has 3 aromatic rings. The number of alkyl halides is 3. The monoisotopic (exact) mass is 622 g/mol. The van der Waals surface area contributed by atoms with Crippen molar-refractivity contribution in [1.82, 2.24) is 30.0 Å². The molecule has 1 saturated carbocycles. The number of aromatic nitrogens is 6. The smallest absolute Gasteiger partial charge is 0.394 e. The van der Waals surface area contributed by atoms with Crippen LogP contribution in [0.15, 0.2) is 29.0 Å². The Hall–Kier alpha value is -2.53. The van der Waals surface area contributed by atoms with Gasteiger partial charge in [0.2, 0.25) is 0 Å². The van der Waals surface area contributed by atoms with Crippen LogP contribution in [0.1, 0.15) is 31.0 Å². The summed E-state index contributed by atoms with van der Waals surface area (Å²) in [7, 11) is 1.34. The van der Waals surface area contributed by atoms with Crippen molar-refractivity contribution in [2.45, 2.75) is 67.9 Å². The molecular weight excluding hydrogens is 599 g/mol. The molecular formula is C23H24BrF5N6O4. The minimum Gasteiger partial charge on any atom is -0.394 e. The maximum atomic E-state index is 14.5. The summed E-state index contributed by atoms with van der Waals surface area (Å²) < 4.78 is 83.3. The minimum absolute atomic E-state index is 0.0227. The highest BCUT2D eigenvalue weighted by Gasteiger charge is 2.60. The molecule has 10 nitrogen and oxygen atoms in total. The summed E-state index contributed by atoms with van der Waals surface area (Å²) in [4.78, 5) is 0. The van der Waals surface area contributed by atoms with Gasteiger partial charge in [0.05, 0.1) is 29.1 Å². The number of aliphatic hydroxyl groups is 2. The molecule has 39 heavy (non-hydrogen) atoms. The van der Waals surface area contributed by atoms with E-state index in [9.17, 15) is 32.2 Å². The van der Waals surface area contributed by atoms with Gasteiger partial charge in [0, 0.05) is 25.3 Å². The lowest BCUT2D eigenvalue weighted by molar-refractivity contribution is -0.243. The van der Waals surface area contributed by atoms with Gasteiger partial charge in [-0.3, -0.25) is 0 Å². The molecule has 3 heterocycles. The van der Waals surface area contributed by atoms with Gasteiger partial charge in [-0.1, -0.05) is 10.4 Å². The fourth-order valence-corrected chi connectivity index (χ4v) is 5.47. The van der Waals surface area contributed by atoms with Crippen LogP contribution in [-0.4, -0.2) is 84.5 Å². The first-order valence-electron chi connectivity index (χ1n) is 12.0. The van der Waals surface area contributed by atoms with Gasteiger partial charge in [-0.2, -0.15) is 13.2 Å². The maximum Gasteiger partial charge on any atom is 0.413 e. The van der Waals surface area contributed by atoms with Gasteiger partial charge in [-0.15, -0.1) is 10.2 Å². The van der Waals surface area contributed by atoms with E-state index in [4.69, 9.17) is 9.47 Å². The molecule has 1 aliphatic carbocycles. The molecule has 0 bridgehead atoms.